The fraction of sp³-hybridized carbons (Fsp3) is 0.136. The van der Waals surface area contributed by atoms with Gasteiger partial charge in [0.2, 0.25) is 0 Å². The maximum absolute atomic E-state index is 13.7. The van der Waals surface area contributed by atoms with Crippen LogP contribution in [0.3, 0.4) is 0 Å². The van der Waals surface area contributed by atoms with E-state index in [0.717, 1.165) is 22.4 Å². The van der Waals surface area contributed by atoms with Gasteiger partial charge in [-0.05, 0) is 47.0 Å². The van der Waals surface area contributed by atoms with Crippen LogP contribution >= 0.6 is 0 Å². The third-order valence-electron chi connectivity index (χ3n) is 4.71. The number of pyridine rings is 1. The van der Waals surface area contributed by atoms with E-state index in [-0.39, 0.29) is 18.0 Å². The summed E-state index contributed by atoms with van der Waals surface area (Å²) in [5.41, 5.74) is 3.76. The summed E-state index contributed by atoms with van der Waals surface area (Å²) in [4.78, 5) is 28.2. The van der Waals surface area contributed by atoms with Gasteiger partial charge >= 0.3 is 5.97 Å². The van der Waals surface area contributed by atoms with E-state index in [0.29, 0.717) is 17.7 Å². The molecule has 146 valence electrons. The molecule has 7 heteroatoms. The Hall–Kier alpha value is -3.74. The fourth-order valence-corrected chi connectivity index (χ4v) is 3.22. The first-order valence-corrected chi connectivity index (χ1v) is 8.92. The molecule has 2 aromatic carbocycles. The van der Waals surface area contributed by atoms with Crippen LogP contribution in [0, 0.1) is 5.82 Å². The first kappa shape index (κ1) is 18.6. The first-order valence-electron chi connectivity index (χ1n) is 8.92. The number of carbonyl (C=O) groups excluding carboxylic acids is 2. The molecule has 0 atom stereocenters. The fourth-order valence-electron chi connectivity index (χ4n) is 3.22. The minimum Gasteiger partial charge on any atom is -0.487 e. The van der Waals surface area contributed by atoms with Crippen molar-refractivity contribution >= 4 is 11.9 Å². The van der Waals surface area contributed by atoms with E-state index in [9.17, 15) is 14.0 Å². The molecule has 1 aliphatic heterocycles. The van der Waals surface area contributed by atoms with Crippen LogP contribution in [0.5, 0.6) is 5.75 Å². The highest BCUT2D eigenvalue weighted by Crippen LogP contribution is 2.36. The van der Waals surface area contributed by atoms with Crippen LogP contribution in [0.2, 0.25) is 0 Å². The Bertz CT molecular complexity index is 1110. The van der Waals surface area contributed by atoms with Gasteiger partial charge in [0.1, 0.15) is 18.2 Å². The highest BCUT2D eigenvalue weighted by Gasteiger charge is 2.19. The average Bonchev–Trinajstić information content (AvgIpc) is 2.77. The topological polar surface area (TPSA) is 77.5 Å². The van der Waals surface area contributed by atoms with Gasteiger partial charge in [0.15, 0.2) is 0 Å². The maximum Gasteiger partial charge on any atom is 0.340 e. The van der Waals surface area contributed by atoms with Gasteiger partial charge < -0.3 is 14.8 Å². The summed E-state index contributed by atoms with van der Waals surface area (Å²) >= 11 is 0. The highest BCUT2D eigenvalue weighted by atomic mass is 19.1. The number of benzene rings is 2. The number of rotatable bonds is 4. The highest BCUT2D eigenvalue weighted by molar-refractivity contribution is 5.95. The van der Waals surface area contributed by atoms with Crippen LogP contribution in [-0.4, -0.2) is 24.0 Å². The predicted octanol–water partition coefficient (Wildman–Crippen LogP) is 3.50. The number of fused-ring (bicyclic) bond motifs is 3. The molecule has 0 bridgehead atoms. The zero-order chi connectivity index (χ0) is 20.4. The Morgan fingerprint density at radius 3 is 2.86 bits per heavy atom. The molecule has 1 aliphatic rings. The smallest absolute Gasteiger partial charge is 0.340 e. The number of ether oxygens (including phenoxy) is 2. The second kappa shape index (κ2) is 7.71. The van der Waals surface area contributed by atoms with Crippen LogP contribution in [0.1, 0.15) is 31.8 Å². The van der Waals surface area contributed by atoms with Crippen LogP contribution < -0.4 is 10.1 Å². The van der Waals surface area contributed by atoms with Crippen molar-refractivity contribution in [2.75, 3.05) is 7.11 Å². The second-order valence-corrected chi connectivity index (χ2v) is 6.52. The Morgan fingerprint density at radius 1 is 1.17 bits per heavy atom. The summed E-state index contributed by atoms with van der Waals surface area (Å²) in [6.07, 6.45) is 3.37. The van der Waals surface area contributed by atoms with Crippen molar-refractivity contribution in [3.63, 3.8) is 0 Å². The molecule has 1 amide bonds. The summed E-state index contributed by atoms with van der Waals surface area (Å²) < 4.78 is 24.0. The van der Waals surface area contributed by atoms with Crippen molar-refractivity contribution in [3.8, 4) is 16.9 Å². The van der Waals surface area contributed by atoms with E-state index in [1.165, 1.54) is 25.3 Å². The van der Waals surface area contributed by atoms with E-state index < -0.39 is 11.8 Å². The summed E-state index contributed by atoms with van der Waals surface area (Å²) in [6.45, 7) is 0.501. The quantitative estimate of drug-likeness (QED) is 0.688. The second-order valence-electron chi connectivity index (χ2n) is 6.52. The Balaban J connectivity index is 1.50. The van der Waals surface area contributed by atoms with Gasteiger partial charge in [-0.3, -0.25) is 9.78 Å². The van der Waals surface area contributed by atoms with Crippen LogP contribution in [0.25, 0.3) is 11.1 Å². The normalized spacial score (nSPS) is 11.7. The third-order valence-corrected chi connectivity index (χ3v) is 4.71. The van der Waals surface area contributed by atoms with E-state index in [2.05, 4.69) is 15.0 Å². The number of methoxy groups -OCH3 is 1. The summed E-state index contributed by atoms with van der Waals surface area (Å²) in [5, 5.41) is 2.78. The van der Waals surface area contributed by atoms with Crippen molar-refractivity contribution in [2.24, 2.45) is 0 Å². The zero-order valence-corrected chi connectivity index (χ0v) is 15.6. The summed E-state index contributed by atoms with van der Waals surface area (Å²) in [7, 11) is 1.19. The first-order chi connectivity index (χ1) is 14.1. The molecule has 0 spiro atoms. The molecule has 4 rings (SSSR count). The van der Waals surface area contributed by atoms with Gasteiger partial charge in [0.05, 0.1) is 18.9 Å². The molecule has 6 nitrogen and oxygen atoms in total. The number of nitrogens with zero attached hydrogens (tertiary/aromatic N) is 1. The number of amides is 1. The number of hydrogen-bond donors (Lipinski definition) is 1. The van der Waals surface area contributed by atoms with Crippen molar-refractivity contribution in [1.29, 1.82) is 0 Å². The standard InChI is InChI=1S/C22H17FN2O4/c1-28-22(27)18-8-13(2-5-19(18)23)10-25-21(26)14-3-4-16-15(9-14)12-29-20-11-24-7-6-17(16)20/h2-9,11H,10,12H2,1H3,(H,25,26). The van der Waals surface area contributed by atoms with Gasteiger partial charge in [-0.25, -0.2) is 9.18 Å². The molecule has 0 saturated carbocycles. The SMILES string of the molecule is COC(=O)c1cc(CNC(=O)c2ccc3c(c2)COc2cnccc2-3)ccc1F. The van der Waals surface area contributed by atoms with E-state index in [1.54, 1.807) is 24.5 Å². The Kier molecular flexibility index (Phi) is 4.95. The minimum atomic E-state index is -0.763. The molecule has 29 heavy (non-hydrogen) atoms. The van der Waals surface area contributed by atoms with Gasteiger partial charge in [-0.15, -0.1) is 0 Å². The molecule has 1 N–H and O–H groups in total. The monoisotopic (exact) mass is 392 g/mol. The zero-order valence-electron chi connectivity index (χ0n) is 15.6. The number of carbonyl (C=O) groups is 2. The lowest BCUT2D eigenvalue weighted by atomic mass is 9.96. The molecular weight excluding hydrogens is 375 g/mol. The van der Waals surface area contributed by atoms with E-state index in [4.69, 9.17) is 4.74 Å². The minimum absolute atomic E-state index is 0.144. The maximum atomic E-state index is 13.7. The lowest BCUT2D eigenvalue weighted by Gasteiger charge is -2.20. The molecule has 0 unspecified atom stereocenters. The van der Waals surface area contributed by atoms with Gasteiger partial charge in [0, 0.05) is 23.9 Å². The van der Waals surface area contributed by atoms with Crippen LogP contribution in [-0.2, 0) is 17.9 Å². The predicted molar refractivity (Wildman–Crippen MR) is 103 cm³/mol. The summed E-state index contributed by atoms with van der Waals surface area (Å²) in [6, 6.07) is 11.4. The number of halogens is 1. The third kappa shape index (κ3) is 3.67. The van der Waals surface area contributed by atoms with Gasteiger partial charge in [-0.2, -0.15) is 0 Å². The summed E-state index contributed by atoms with van der Waals surface area (Å²) in [5.74, 6) is -0.995. The number of nitrogens with one attached hydrogen (secondary N) is 1. The number of esters is 1. The number of hydrogen-bond acceptors (Lipinski definition) is 5. The molecule has 0 aliphatic carbocycles. The van der Waals surface area contributed by atoms with E-state index in [1.807, 2.05) is 12.1 Å². The van der Waals surface area contributed by atoms with Crippen LogP contribution in [0.4, 0.5) is 4.39 Å². The molecule has 2 heterocycles. The number of aromatic nitrogens is 1. The molecule has 1 aromatic heterocycles. The largest absolute Gasteiger partial charge is 0.487 e. The van der Waals surface area contributed by atoms with Crippen molar-refractivity contribution < 1.29 is 23.5 Å². The van der Waals surface area contributed by atoms with Crippen molar-refractivity contribution in [3.05, 3.63) is 82.9 Å². The Labute approximate surface area is 166 Å². The van der Waals surface area contributed by atoms with Gasteiger partial charge in [0.25, 0.3) is 5.91 Å². The van der Waals surface area contributed by atoms with Crippen molar-refractivity contribution in [2.45, 2.75) is 13.2 Å². The molecule has 0 radical (unpaired) electrons. The molecule has 0 saturated heterocycles. The molecule has 3 aromatic rings. The lowest BCUT2D eigenvalue weighted by Crippen LogP contribution is -2.23. The average molecular weight is 392 g/mol. The van der Waals surface area contributed by atoms with Gasteiger partial charge in [-0.1, -0.05) is 12.1 Å². The molecule has 0 fully saturated rings. The van der Waals surface area contributed by atoms with E-state index >= 15 is 0 Å². The van der Waals surface area contributed by atoms with Crippen LogP contribution in [0.15, 0.2) is 54.9 Å². The molecular formula is C22H17FN2O4. The Morgan fingerprint density at radius 2 is 2.03 bits per heavy atom. The lowest BCUT2D eigenvalue weighted by molar-refractivity contribution is 0.0595. The van der Waals surface area contributed by atoms with Crippen molar-refractivity contribution in [1.82, 2.24) is 10.3 Å².